The molecule has 1 heterocycles. The van der Waals surface area contributed by atoms with Gasteiger partial charge >= 0.3 is 5.97 Å². The molecule has 1 aromatic rings. The summed E-state index contributed by atoms with van der Waals surface area (Å²) >= 11 is 5.85. The highest BCUT2D eigenvalue weighted by molar-refractivity contribution is 6.33. The van der Waals surface area contributed by atoms with Crippen molar-refractivity contribution >= 4 is 29.2 Å². The van der Waals surface area contributed by atoms with Gasteiger partial charge in [0.2, 0.25) is 0 Å². The van der Waals surface area contributed by atoms with Crippen LogP contribution < -0.4 is 0 Å². The Kier molecular flexibility index (Phi) is 5.54. The van der Waals surface area contributed by atoms with Crippen LogP contribution in [-0.2, 0) is 9.53 Å². The first kappa shape index (κ1) is 17.2. The van der Waals surface area contributed by atoms with E-state index in [1.165, 1.54) is 6.07 Å². The van der Waals surface area contributed by atoms with E-state index in [4.69, 9.17) is 16.3 Å². The van der Waals surface area contributed by atoms with Crippen LogP contribution >= 0.6 is 11.6 Å². The van der Waals surface area contributed by atoms with Crippen molar-refractivity contribution in [3.05, 3.63) is 38.9 Å². The predicted octanol–water partition coefficient (Wildman–Crippen LogP) is 2.81. The molecule has 1 aliphatic rings. The number of ether oxygens (including phenoxy) is 1. The molecule has 124 valence electrons. The molecule has 1 saturated heterocycles. The van der Waals surface area contributed by atoms with Crippen LogP contribution in [0.4, 0.5) is 5.69 Å². The van der Waals surface area contributed by atoms with Crippen LogP contribution in [0.2, 0.25) is 5.02 Å². The minimum Gasteiger partial charge on any atom is -0.452 e. The van der Waals surface area contributed by atoms with Crippen molar-refractivity contribution in [2.24, 2.45) is 0 Å². The van der Waals surface area contributed by atoms with Crippen LogP contribution in [0.25, 0.3) is 0 Å². The Hall–Kier alpha value is -2.15. The van der Waals surface area contributed by atoms with Crippen LogP contribution in [0.5, 0.6) is 0 Å². The number of nitro groups is 1. The van der Waals surface area contributed by atoms with Crippen LogP contribution in [0.1, 0.15) is 36.5 Å². The summed E-state index contributed by atoms with van der Waals surface area (Å²) in [4.78, 5) is 35.8. The van der Waals surface area contributed by atoms with Crippen molar-refractivity contribution < 1.29 is 19.2 Å². The fourth-order valence-corrected chi connectivity index (χ4v) is 2.79. The topological polar surface area (TPSA) is 89.8 Å². The number of piperidine rings is 1. The molecule has 0 saturated carbocycles. The van der Waals surface area contributed by atoms with Gasteiger partial charge in [-0.3, -0.25) is 14.9 Å². The SMILES string of the molecule is C[C@H]1CCCCN1C(=O)COC(=O)c1ccc([N+](=O)[O-])cc1Cl. The molecule has 1 aromatic carbocycles. The highest BCUT2D eigenvalue weighted by Crippen LogP contribution is 2.23. The molecule has 1 aliphatic heterocycles. The molecule has 23 heavy (non-hydrogen) atoms. The first-order valence-electron chi connectivity index (χ1n) is 7.30. The van der Waals surface area contributed by atoms with E-state index in [1.807, 2.05) is 6.92 Å². The lowest BCUT2D eigenvalue weighted by atomic mass is 10.0. The molecule has 2 rings (SSSR count). The van der Waals surface area contributed by atoms with Gasteiger partial charge in [0, 0.05) is 24.7 Å². The van der Waals surface area contributed by atoms with Crippen molar-refractivity contribution in [2.75, 3.05) is 13.2 Å². The largest absolute Gasteiger partial charge is 0.452 e. The highest BCUT2D eigenvalue weighted by atomic mass is 35.5. The predicted molar refractivity (Wildman–Crippen MR) is 83.4 cm³/mol. The number of non-ortho nitro benzene ring substituents is 1. The Morgan fingerprint density at radius 1 is 1.43 bits per heavy atom. The summed E-state index contributed by atoms with van der Waals surface area (Å²) in [6.45, 7) is 2.26. The lowest BCUT2D eigenvalue weighted by Crippen LogP contribution is -2.44. The van der Waals surface area contributed by atoms with Gasteiger partial charge in [-0.1, -0.05) is 11.6 Å². The molecule has 0 aliphatic carbocycles. The second-order valence-corrected chi connectivity index (χ2v) is 5.84. The summed E-state index contributed by atoms with van der Waals surface area (Å²) in [6, 6.07) is 3.60. The first-order valence-corrected chi connectivity index (χ1v) is 7.68. The molecule has 8 heteroatoms. The van der Waals surface area contributed by atoms with Crippen molar-refractivity contribution in [3.8, 4) is 0 Å². The molecule has 0 spiro atoms. The number of nitrogens with zero attached hydrogens (tertiary/aromatic N) is 2. The summed E-state index contributed by atoms with van der Waals surface area (Å²) in [6.07, 6.45) is 2.97. The number of rotatable bonds is 4. The smallest absolute Gasteiger partial charge is 0.340 e. The number of hydrogen-bond donors (Lipinski definition) is 0. The van der Waals surface area contributed by atoms with E-state index in [0.717, 1.165) is 31.4 Å². The van der Waals surface area contributed by atoms with E-state index >= 15 is 0 Å². The van der Waals surface area contributed by atoms with Crippen molar-refractivity contribution in [2.45, 2.75) is 32.2 Å². The van der Waals surface area contributed by atoms with Gasteiger partial charge in [-0.2, -0.15) is 0 Å². The molecule has 1 amide bonds. The molecule has 1 atom stereocenters. The minimum absolute atomic E-state index is 0.00300. The molecule has 0 unspecified atom stereocenters. The lowest BCUT2D eigenvalue weighted by molar-refractivity contribution is -0.384. The Morgan fingerprint density at radius 3 is 2.78 bits per heavy atom. The first-order chi connectivity index (χ1) is 10.9. The molecular formula is C15H17ClN2O5. The summed E-state index contributed by atoms with van der Waals surface area (Å²) in [5.41, 5.74) is -0.221. The normalized spacial score (nSPS) is 17.7. The van der Waals surface area contributed by atoms with Crippen molar-refractivity contribution in [1.82, 2.24) is 4.90 Å². The van der Waals surface area contributed by atoms with Gasteiger partial charge in [0.15, 0.2) is 6.61 Å². The Bertz CT molecular complexity index is 634. The fourth-order valence-electron chi connectivity index (χ4n) is 2.54. The maximum atomic E-state index is 12.1. The van der Waals surface area contributed by atoms with Gasteiger partial charge in [-0.05, 0) is 32.3 Å². The van der Waals surface area contributed by atoms with E-state index in [1.54, 1.807) is 4.90 Å². The number of halogens is 1. The number of esters is 1. The Morgan fingerprint density at radius 2 is 2.17 bits per heavy atom. The van der Waals surface area contributed by atoms with E-state index in [2.05, 4.69) is 0 Å². The molecule has 0 aromatic heterocycles. The summed E-state index contributed by atoms with van der Waals surface area (Å²) in [7, 11) is 0. The second kappa shape index (κ2) is 7.41. The highest BCUT2D eigenvalue weighted by Gasteiger charge is 2.24. The van der Waals surface area contributed by atoms with Crippen LogP contribution in [0.3, 0.4) is 0 Å². The van der Waals surface area contributed by atoms with E-state index in [-0.39, 0.29) is 34.8 Å². The number of carbonyl (C=O) groups is 2. The number of carbonyl (C=O) groups excluding carboxylic acids is 2. The van der Waals surface area contributed by atoms with E-state index < -0.39 is 10.9 Å². The molecule has 0 radical (unpaired) electrons. The molecule has 0 bridgehead atoms. The zero-order chi connectivity index (χ0) is 17.0. The Labute approximate surface area is 138 Å². The van der Waals surface area contributed by atoms with E-state index in [0.29, 0.717) is 6.54 Å². The van der Waals surface area contributed by atoms with E-state index in [9.17, 15) is 19.7 Å². The van der Waals surface area contributed by atoms with Gasteiger partial charge < -0.3 is 9.64 Å². The average molecular weight is 341 g/mol. The lowest BCUT2D eigenvalue weighted by Gasteiger charge is -2.33. The molecular weight excluding hydrogens is 324 g/mol. The number of nitro benzene ring substituents is 1. The van der Waals surface area contributed by atoms with Crippen LogP contribution in [0.15, 0.2) is 18.2 Å². The summed E-state index contributed by atoms with van der Waals surface area (Å²) < 4.78 is 4.99. The zero-order valence-electron chi connectivity index (χ0n) is 12.7. The average Bonchev–Trinajstić information content (AvgIpc) is 2.52. The fraction of sp³-hybridized carbons (Fsp3) is 0.467. The maximum Gasteiger partial charge on any atom is 0.340 e. The number of benzene rings is 1. The number of amides is 1. The maximum absolute atomic E-state index is 12.1. The zero-order valence-corrected chi connectivity index (χ0v) is 13.4. The van der Waals surface area contributed by atoms with Gasteiger partial charge in [-0.25, -0.2) is 4.79 Å². The summed E-state index contributed by atoms with van der Waals surface area (Å²) in [5.74, 6) is -1.02. The standard InChI is InChI=1S/C15H17ClN2O5/c1-10-4-2-3-7-17(10)14(19)9-23-15(20)12-6-5-11(18(21)22)8-13(12)16/h5-6,8,10H,2-4,7,9H2,1H3/t10-/m0/s1. The third-order valence-corrected chi connectivity index (χ3v) is 4.15. The van der Waals surface area contributed by atoms with Gasteiger partial charge in [0.25, 0.3) is 11.6 Å². The number of hydrogen-bond acceptors (Lipinski definition) is 5. The monoisotopic (exact) mass is 340 g/mol. The van der Waals surface area contributed by atoms with Crippen LogP contribution in [-0.4, -0.2) is 40.9 Å². The quantitative estimate of drug-likeness (QED) is 0.477. The van der Waals surface area contributed by atoms with Gasteiger partial charge in [0.05, 0.1) is 15.5 Å². The molecule has 0 N–H and O–H groups in total. The Balaban J connectivity index is 1.97. The second-order valence-electron chi connectivity index (χ2n) is 5.43. The van der Waals surface area contributed by atoms with Gasteiger partial charge in [0.1, 0.15) is 0 Å². The molecule has 1 fully saturated rings. The summed E-state index contributed by atoms with van der Waals surface area (Å²) in [5, 5.41) is 10.6. The van der Waals surface area contributed by atoms with Gasteiger partial charge in [-0.15, -0.1) is 0 Å². The van der Waals surface area contributed by atoms with Crippen molar-refractivity contribution in [3.63, 3.8) is 0 Å². The third-order valence-electron chi connectivity index (χ3n) is 3.83. The molecule has 7 nitrogen and oxygen atoms in total. The minimum atomic E-state index is -0.775. The van der Waals surface area contributed by atoms with Crippen LogP contribution in [0, 0.1) is 10.1 Å². The number of likely N-dealkylation sites (tertiary alicyclic amines) is 1. The third kappa shape index (κ3) is 4.19. The van der Waals surface area contributed by atoms with Crippen molar-refractivity contribution in [1.29, 1.82) is 0 Å².